The molecule has 1 unspecified atom stereocenters. The topological polar surface area (TPSA) is 35.5 Å². The zero-order valence-corrected chi connectivity index (χ0v) is 11.3. The SMILES string of the molecule is CCCOC1=CC(=O)OC(CCc2ccccc2)C1. The number of esters is 1. The highest BCUT2D eigenvalue weighted by Crippen LogP contribution is 2.21. The Morgan fingerprint density at radius 1 is 1.32 bits per heavy atom. The molecule has 0 fully saturated rings. The van der Waals surface area contributed by atoms with Crippen molar-refractivity contribution in [2.45, 2.75) is 38.7 Å². The quantitative estimate of drug-likeness (QED) is 0.737. The summed E-state index contributed by atoms with van der Waals surface area (Å²) in [5.41, 5.74) is 1.27. The highest BCUT2D eigenvalue weighted by molar-refractivity contribution is 5.83. The number of benzene rings is 1. The van der Waals surface area contributed by atoms with Crippen LogP contribution in [-0.2, 0) is 20.7 Å². The Balaban J connectivity index is 1.85. The molecule has 0 aromatic heterocycles. The van der Waals surface area contributed by atoms with Gasteiger partial charge in [0.25, 0.3) is 0 Å². The maximum Gasteiger partial charge on any atom is 0.334 e. The molecule has 1 aromatic carbocycles. The van der Waals surface area contributed by atoms with Gasteiger partial charge in [-0.15, -0.1) is 0 Å². The van der Waals surface area contributed by atoms with Crippen LogP contribution in [-0.4, -0.2) is 18.7 Å². The van der Waals surface area contributed by atoms with Gasteiger partial charge in [0.2, 0.25) is 0 Å². The lowest BCUT2D eigenvalue weighted by atomic mass is 10.0. The third-order valence-corrected chi connectivity index (χ3v) is 3.08. The Kier molecular flexibility index (Phi) is 5.01. The molecule has 1 atom stereocenters. The molecule has 0 amide bonds. The van der Waals surface area contributed by atoms with Gasteiger partial charge in [0.1, 0.15) is 11.9 Å². The summed E-state index contributed by atoms with van der Waals surface area (Å²) in [6, 6.07) is 10.2. The number of aryl methyl sites for hydroxylation is 1. The van der Waals surface area contributed by atoms with Gasteiger partial charge in [-0.1, -0.05) is 37.3 Å². The Labute approximate surface area is 114 Å². The molecule has 2 rings (SSSR count). The summed E-state index contributed by atoms with van der Waals surface area (Å²) < 4.78 is 10.9. The minimum absolute atomic E-state index is 0.0652. The van der Waals surface area contributed by atoms with Crippen LogP contribution in [0.5, 0.6) is 0 Å². The number of hydrogen-bond donors (Lipinski definition) is 0. The van der Waals surface area contributed by atoms with E-state index in [1.165, 1.54) is 11.6 Å². The fourth-order valence-corrected chi connectivity index (χ4v) is 2.12. The zero-order chi connectivity index (χ0) is 13.5. The summed E-state index contributed by atoms with van der Waals surface area (Å²) in [6.45, 7) is 2.71. The second-order valence-corrected chi connectivity index (χ2v) is 4.75. The molecule has 1 aromatic rings. The second kappa shape index (κ2) is 6.98. The van der Waals surface area contributed by atoms with E-state index >= 15 is 0 Å². The molecule has 0 aliphatic carbocycles. The van der Waals surface area contributed by atoms with Crippen LogP contribution in [0.2, 0.25) is 0 Å². The Hall–Kier alpha value is -1.77. The van der Waals surface area contributed by atoms with Gasteiger partial charge in [0, 0.05) is 6.42 Å². The van der Waals surface area contributed by atoms with Crippen LogP contribution < -0.4 is 0 Å². The van der Waals surface area contributed by atoms with Crippen molar-refractivity contribution in [3.05, 3.63) is 47.7 Å². The van der Waals surface area contributed by atoms with Gasteiger partial charge >= 0.3 is 5.97 Å². The first-order chi connectivity index (χ1) is 9.28. The van der Waals surface area contributed by atoms with E-state index in [1.807, 2.05) is 18.2 Å². The van der Waals surface area contributed by atoms with Crippen LogP contribution in [0.3, 0.4) is 0 Å². The molecule has 102 valence electrons. The number of cyclic esters (lactones) is 1. The average Bonchev–Trinajstić information content (AvgIpc) is 2.43. The van der Waals surface area contributed by atoms with Gasteiger partial charge in [0.05, 0.1) is 12.7 Å². The summed E-state index contributed by atoms with van der Waals surface area (Å²) in [5, 5.41) is 0. The van der Waals surface area contributed by atoms with Crippen molar-refractivity contribution in [2.24, 2.45) is 0 Å². The van der Waals surface area contributed by atoms with Crippen molar-refractivity contribution in [3.8, 4) is 0 Å². The minimum Gasteiger partial charge on any atom is -0.498 e. The third-order valence-electron chi connectivity index (χ3n) is 3.08. The molecule has 0 saturated carbocycles. The normalized spacial score (nSPS) is 18.7. The van der Waals surface area contributed by atoms with E-state index in [9.17, 15) is 4.79 Å². The molecule has 19 heavy (non-hydrogen) atoms. The second-order valence-electron chi connectivity index (χ2n) is 4.75. The summed E-state index contributed by atoms with van der Waals surface area (Å²) in [4.78, 5) is 11.5. The number of carbonyl (C=O) groups excluding carboxylic acids is 1. The van der Waals surface area contributed by atoms with Gasteiger partial charge < -0.3 is 9.47 Å². The molecular weight excluding hydrogens is 240 g/mol. The fourth-order valence-electron chi connectivity index (χ4n) is 2.12. The summed E-state index contributed by atoms with van der Waals surface area (Å²) in [6.07, 6.45) is 4.79. The number of hydrogen-bond acceptors (Lipinski definition) is 3. The van der Waals surface area contributed by atoms with Crippen LogP contribution in [0.1, 0.15) is 31.7 Å². The third kappa shape index (κ3) is 4.43. The van der Waals surface area contributed by atoms with Gasteiger partial charge in [-0.3, -0.25) is 0 Å². The highest BCUT2D eigenvalue weighted by atomic mass is 16.6. The summed E-state index contributed by atoms with van der Waals surface area (Å²) in [5.74, 6) is 0.478. The van der Waals surface area contributed by atoms with Crippen molar-refractivity contribution in [1.82, 2.24) is 0 Å². The molecule has 0 radical (unpaired) electrons. The molecule has 0 N–H and O–H groups in total. The van der Waals surface area contributed by atoms with Crippen LogP contribution in [0, 0.1) is 0 Å². The molecular formula is C16H20O3. The molecule has 3 heteroatoms. The average molecular weight is 260 g/mol. The van der Waals surface area contributed by atoms with Crippen molar-refractivity contribution in [3.63, 3.8) is 0 Å². The molecule has 0 saturated heterocycles. The predicted octanol–water partition coefficient (Wildman–Crippen LogP) is 3.25. The van der Waals surface area contributed by atoms with Gasteiger partial charge in [-0.2, -0.15) is 0 Å². The molecule has 3 nitrogen and oxygen atoms in total. The first kappa shape index (κ1) is 13.7. The van der Waals surface area contributed by atoms with E-state index < -0.39 is 0 Å². The van der Waals surface area contributed by atoms with Crippen LogP contribution in [0.15, 0.2) is 42.2 Å². The summed E-state index contributed by atoms with van der Waals surface area (Å²) in [7, 11) is 0. The van der Waals surface area contributed by atoms with Gasteiger partial charge in [-0.05, 0) is 24.8 Å². The van der Waals surface area contributed by atoms with E-state index in [4.69, 9.17) is 9.47 Å². The number of carbonyl (C=O) groups is 1. The Morgan fingerprint density at radius 3 is 2.84 bits per heavy atom. The molecule has 0 bridgehead atoms. The van der Waals surface area contributed by atoms with E-state index in [0.29, 0.717) is 13.0 Å². The number of ether oxygens (including phenoxy) is 2. The number of rotatable bonds is 6. The zero-order valence-electron chi connectivity index (χ0n) is 11.3. The lowest BCUT2D eigenvalue weighted by molar-refractivity contribution is -0.145. The van der Waals surface area contributed by atoms with E-state index in [1.54, 1.807) is 0 Å². The van der Waals surface area contributed by atoms with Gasteiger partial charge in [-0.25, -0.2) is 4.79 Å². The largest absolute Gasteiger partial charge is 0.498 e. The smallest absolute Gasteiger partial charge is 0.334 e. The van der Waals surface area contributed by atoms with Crippen LogP contribution >= 0.6 is 0 Å². The summed E-state index contributed by atoms with van der Waals surface area (Å²) >= 11 is 0. The fraction of sp³-hybridized carbons (Fsp3) is 0.438. The van der Waals surface area contributed by atoms with Crippen molar-refractivity contribution < 1.29 is 14.3 Å². The highest BCUT2D eigenvalue weighted by Gasteiger charge is 2.22. The lowest BCUT2D eigenvalue weighted by Gasteiger charge is -2.23. The van der Waals surface area contributed by atoms with Crippen molar-refractivity contribution in [2.75, 3.05) is 6.61 Å². The minimum atomic E-state index is -0.282. The first-order valence-corrected chi connectivity index (χ1v) is 6.86. The maximum atomic E-state index is 11.5. The van der Waals surface area contributed by atoms with Gasteiger partial charge in [0.15, 0.2) is 0 Å². The van der Waals surface area contributed by atoms with E-state index in [0.717, 1.165) is 25.0 Å². The lowest BCUT2D eigenvalue weighted by Crippen LogP contribution is -2.24. The standard InChI is InChI=1S/C16H20O3/c1-2-10-18-15-11-14(19-16(17)12-15)9-8-13-6-4-3-5-7-13/h3-7,12,14H,2,8-11H2,1H3. The van der Waals surface area contributed by atoms with E-state index in [-0.39, 0.29) is 12.1 Å². The Bertz CT molecular complexity index is 437. The monoisotopic (exact) mass is 260 g/mol. The molecule has 1 aliphatic heterocycles. The Morgan fingerprint density at radius 2 is 2.11 bits per heavy atom. The first-order valence-electron chi connectivity index (χ1n) is 6.86. The van der Waals surface area contributed by atoms with Crippen LogP contribution in [0.25, 0.3) is 0 Å². The van der Waals surface area contributed by atoms with Crippen LogP contribution in [0.4, 0.5) is 0 Å². The van der Waals surface area contributed by atoms with Crippen molar-refractivity contribution in [1.29, 1.82) is 0 Å². The maximum absolute atomic E-state index is 11.5. The predicted molar refractivity (Wildman–Crippen MR) is 73.6 cm³/mol. The molecule has 0 spiro atoms. The molecule has 1 heterocycles. The van der Waals surface area contributed by atoms with Crippen molar-refractivity contribution >= 4 is 5.97 Å². The molecule has 1 aliphatic rings. The van der Waals surface area contributed by atoms with E-state index in [2.05, 4.69) is 19.1 Å².